The van der Waals surface area contributed by atoms with Crippen LogP contribution in [0.3, 0.4) is 0 Å². The normalized spacial score (nSPS) is 20.5. The zero-order valence-electron chi connectivity index (χ0n) is 14.2. The van der Waals surface area contributed by atoms with Gasteiger partial charge in [-0.2, -0.15) is 0 Å². The summed E-state index contributed by atoms with van der Waals surface area (Å²) in [7, 11) is 0. The molecule has 0 aliphatic heterocycles. The topological polar surface area (TPSA) is 54.4 Å². The van der Waals surface area contributed by atoms with Crippen LogP contribution in [0.1, 0.15) is 56.9 Å². The van der Waals surface area contributed by atoms with E-state index in [0.29, 0.717) is 18.4 Å². The number of halogens is 2. The Morgan fingerprint density at radius 1 is 1.16 bits per heavy atom. The quantitative estimate of drug-likeness (QED) is 0.638. The number of unbranched alkanes of at least 4 members (excludes halogenated alkanes) is 3. The molecule has 1 fully saturated rings. The number of ketones is 1. The second kappa shape index (κ2) is 9.44. The molecule has 2 rings (SSSR count). The maximum Gasteiger partial charge on any atom is 0.303 e. The Hall–Kier alpha value is -2.04. The van der Waals surface area contributed by atoms with Gasteiger partial charge >= 0.3 is 5.97 Å². The molecule has 1 aliphatic carbocycles. The number of hydrogen-bond donors (Lipinski definition) is 1. The van der Waals surface area contributed by atoms with E-state index in [1.54, 1.807) is 6.08 Å². The lowest BCUT2D eigenvalue weighted by Crippen LogP contribution is -2.13. The molecule has 2 unspecified atom stereocenters. The van der Waals surface area contributed by atoms with E-state index in [1.165, 1.54) is 6.07 Å². The molecule has 136 valence electrons. The minimum absolute atomic E-state index is 0.0129. The predicted molar refractivity (Wildman–Crippen MR) is 92.0 cm³/mol. The lowest BCUT2D eigenvalue weighted by molar-refractivity contribution is -0.137. The summed E-state index contributed by atoms with van der Waals surface area (Å²) in [6.07, 6.45) is 9.43. The molecule has 0 saturated heterocycles. The third-order valence-electron chi connectivity index (χ3n) is 4.79. The van der Waals surface area contributed by atoms with Crippen LogP contribution in [0.25, 0.3) is 6.08 Å². The number of carboxylic acids is 1. The number of rotatable bonds is 9. The van der Waals surface area contributed by atoms with Crippen LogP contribution in [0.15, 0.2) is 24.3 Å². The summed E-state index contributed by atoms with van der Waals surface area (Å²) in [6, 6.07) is 3.77. The van der Waals surface area contributed by atoms with Gasteiger partial charge < -0.3 is 5.11 Å². The van der Waals surface area contributed by atoms with Crippen molar-refractivity contribution in [3.63, 3.8) is 0 Å². The highest BCUT2D eigenvalue weighted by molar-refractivity contribution is 5.83. The minimum atomic E-state index is -0.873. The SMILES string of the molecule is O=C(O)CCCCCCC1C(=O)CCC1/C=C/c1ccc(F)c(F)c1. The molecule has 0 amide bonds. The van der Waals surface area contributed by atoms with E-state index >= 15 is 0 Å². The first-order valence-corrected chi connectivity index (χ1v) is 8.85. The van der Waals surface area contributed by atoms with Crippen LogP contribution in [-0.4, -0.2) is 16.9 Å². The minimum Gasteiger partial charge on any atom is -0.481 e. The fraction of sp³-hybridized carbons (Fsp3) is 0.500. The molecule has 25 heavy (non-hydrogen) atoms. The van der Waals surface area contributed by atoms with E-state index in [4.69, 9.17) is 5.11 Å². The molecular formula is C20H24F2O3. The van der Waals surface area contributed by atoms with Crippen LogP contribution in [0.4, 0.5) is 8.78 Å². The second-order valence-electron chi connectivity index (χ2n) is 6.65. The summed E-state index contributed by atoms with van der Waals surface area (Å²) in [5.74, 6) is -2.11. The third-order valence-corrected chi connectivity index (χ3v) is 4.79. The van der Waals surface area contributed by atoms with Crippen molar-refractivity contribution in [3.05, 3.63) is 41.5 Å². The monoisotopic (exact) mass is 350 g/mol. The molecule has 0 aromatic heterocycles. The molecule has 3 nitrogen and oxygen atoms in total. The number of Topliss-reactive ketones (excluding diaryl/α,β-unsaturated/α-hetero) is 1. The fourth-order valence-corrected chi connectivity index (χ4v) is 3.38. The molecule has 1 saturated carbocycles. The number of carboxylic acid groups (broad SMARTS) is 1. The fourth-order valence-electron chi connectivity index (χ4n) is 3.38. The lowest BCUT2D eigenvalue weighted by Gasteiger charge is -2.14. The molecule has 5 heteroatoms. The maximum absolute atomic E-state index is 13.2. The number of carbonyl (C=O) groups is 2. The molecular weight excluding hydrogens is 326 g/mol. The van der Waals surface area contributed by atoms with Gasteiger partial charge in [0.1, 0.15) is 5.78 Å². The summed E-state index contributed by atoms with van der Waals surface area (Å²) < 4.78 is 26.2. The summed E-state index contributed by atoms with van der Waals surface area (Å²) in [5, 5.41) is 8.60. The van der Waals surface area contributed by atoms with Gasteiger partial charge in [0.05, 0.1) is 0 Å². The van der Waals surface area contributed by atoms with Gasteiger partial charge in [0.15, 0.2) is 11.6 Å². The summed E-state index contributed by atoms with van der Waals surface area (Å²) in [5.41, 5.74) is 0.589. The van der Waals surface area contributed by atoms with E-state index < -0.39 is 17.6 Å². The Morgan fingerprint density at radius 3 is 2.64 bits per heavy atom. The first kappa shape index (κ1) is 19.3. The summed E-state index contributed by atoms with van der Waals surface area (Å²) >= 11 is 0. The average molecular weight is 350 g/mol. The smallest absolute Gasteiger partial charge is 0.303 e. The molecule has 1 aromatic carbocycles. The first-order chi connectivity index (χ1) is 12.0. The van der Waals surface area contributed by atoms with Gasteiger partial charge in [-0.05, 0) is 42.9 Å². The number of hydrogen-bond acceptors (Lipinski definition) is 2. The number of aliphatic carboxylic acids is 1. The lowest BCUT2D eigenvalue weighted by atomic mass is 9.89. The average Bonchev–Trinajstić information content (AvgIpc) is 2.92. The molecule has 0 spiro atoms. The predicted octanol–water partition coefficient (Wildman–Crippen LogP) is 5.00. The van der Waals surface area contributed by atoms with E-state index in [9.17, 15) is 18.4 Å². The van der Waals surface area contributed by atoms with Gasteiger partial charge in [0.2, 0.25) is 0 Å². The highest BCUT2D eigenvalue weighted by atomic mass is 19.2. The van der Waals surface area contributed by atoms with E-state index in [0.717, 1.165) is 44.2 Å². The zero-order valence-corrected chi connectivity index (χ0v) is 14.2. The number of benzene rings is 1. The Bertz CT molecular complexity index is 640. The van der Waals surface area contributed by atoms with Crippen LogP contribution >= 0.6 is 0 Å². The van der Waals surface area contributed by atoms with E-state index in [1.807, 2.05) is 6.08 Å². The first-order valence-electron chi connectivity index (χ1n) is 8.85. The third kappa shape index (κ3) is 6.07. The van der Waals surface area contributed by atoms with Crippen molar-refractivity contribution in [1.29, 1.82) is 0 Å². The summed E-state index contributed by atoms with van der Waals surface area (Å²) in [6.45, 7) is 0. The van der Waals surface area contributed by atoms with Crippen LogP contribution in [-0.2, 0) is 9.59 Å². The standard InChI is InChI=1S/C20H24F2O3/c21-17-11-8-14(13-18(17)22)7-9-15-10-12-19(23)16(15)5-3-1-2-4-6-20(24)25/h7-9,11,13,15-16H,1-6,10,12H2,(H,24,25)/b9-7+. The van der Waals surface area contributed by atoms with Crippen LogP contribution < -0.4 is 0 Å². The molecule has 2 atom stereocenters. The van der Waals surface area contributed by atoms with Crippen LogP contribution in [0.5, 0.6) is 0 Å². The van der Waals surface area contributed by atoms with Gasteiger partial charge in [-0.25, -0.2) is 8.78 Å². The molecule has 1 aromatic rings. The van der Waals surface area contributed by atoms with Crippen LogP contribution in [0.2, 0.25) is 0 Å². The molecule has 0 bridgehead atoms. The van der Waals surface area contributed by atoms with Crippen LogP contribution in [0, 0.1) is 23.5 Å². The highest BCUT2D eigenvalue weighted by Crippen LogP contribution is 2.34. The number of carbonyl (C=O) groups excluding carboxylic acids is 1. The molecule has 1 aliphatic rings. The van der Waals surface area contributed by atoms with Gasteiger partial charge in [-0.1, -0.05) is 37.5 Å². The van der Waals surface area contributed by atoms with Crippen molar-refractivity contribution >= 4 is 17.8 Å². The largest absolute Gasteiger partial charge is 0.481 e. The van der Waals surface area contributed by atoms with Gasteiger partial charge in [-0.3, -0.25) is 9.59 Å². The Labute approximate surface area is 146 Å². The Balaban J connectivity index is 1.82. The van der Waals surface area contributed by atoms with E-state index in [-0.39, 0.29) is 24.0 Å². The second-order valence-corrected chi connectivity index (χ2v) is 6.65. The maximum atomic E-state index is 13.2. The van der Waals surface area contributed by atoms with Gasteiger partial charge in [-0.15, -0.1) is 0 Å². The summed E-state index contributed by atoms with van der Waals surface area (Å²) in [4.78, 5) is 22.5. The van der Waals surface area contributed by atoms with E-state index in [2.05, 4.69) is 0 Å². The zero-order chi connectivity index (χ0) is 18.2. The molecule has 1 N–H and O–H groups in total. The Morgan fingerprint density at radius 2 is 1.92 bits per heavy atom. The van der Waals surface area contributed by atoms with Gasteiger partial charge in [0, 0.05) is 18.8 Å². The van der Waals surface area contributed by atoms with Crippen molar-refractivity contribution < 1.29 is 23.5 Å². The molecule has 0 radical (unpaired) electrons. The van der Waals surface area contributed by atoms with Crippen molar-refractivity contribution in [2.75, 3.05) is 0 Å². The highest BCUT2D eigenvalue weighted by Gasteiger charge is 2.32. The van der Waals surface area contributed by atoms with Crippen molar-refractivity contribution in [2.45, 2.75) is 51.4 Å². The van der Waals surface area contributed by atoms with Gasteiger partial charge in [0.25, 0.3) is 0 Å². The van der Waals surface area contributed by atoms with Crippen molar-refractivity contribution in [1.82, 2.24) is 0 Å². The van der Waals surface area contributed by atoms with Crippen molar-refractivity contribution in [3.8, 4) is 0 Å². The molecule has 0 heterocycles. The Kier molecular flexibility index (Phi) is 7.29. The van der Waals surface area contributed by atoms with Crippen molar-refractivity contribution in [2.24, 2.45) is 11.8 Å². The number of allylic oxidation sites excluding steroid dienone is 1.